The van der Waals surface area contributed by atoms with Crippen LogP contribution in [0.3, 0.4) is 0 Å². The highest BCUT2D eigenvalue weighted by Crippen LogP contribution is 2.47. The Morgan fingerprint density at radius 3 is 2.68 bits per heavy atom. The summed E-state index contributed by atoms with van der Waals surface area (Å²) < 4.78 is 0. The quantitative estimate of drug-likeness (QED) is 0.607. The van der Waals surface area contributed by atoms with Crippen molar-refractivity contribution in [2.75, 3.05) is 17.2 Å². The van der Waals surface area contributed by atoms with Crippen LogP contribution in [-0.2, 0) is 16.0 Å². The van der Waals surface area contributed by atoms with E-state index in [0.29, 0.717) is 30.8 Å². The van der Waals surface area contributed by atoms with Gasteiger partial charge in [0.2, 0.25) is 11.8 Å². The van der Waals surface area contributed by atoms with E-state index in [0.717, 1.165) is 18.4 Å². The molecule has 1 aliphatic heterocycles. The third-order valence-corrected chi connectivity index (χ3v) is 4.10. The number of aryl methyl sites for hydroxylation is 1. The number of fused-ring (bicyclic) bond motifs is 1. The molecular weight excluding hydrogens is 242 g/mol. The highest BCUT2D eigenvalue weighted by atomic mass is 16.2. The minimum Gasteiger partial charge on any atom is -0.399 e. The van der Waals surface area contributed by atoms with Crippen LogP contribution in [0.1, 0.15) is 24.8 Å². The van der Waals surface area contributed by atoms with E-state index in [4.69, 9.17) is 11.5 Å². The van der Waals surface area contributed by atoms with Crippen LogP contribution in [0.5, 0.6) is 0 Å². The lowest BCUT2D eigenvalue weighted by Crippen LogP contribution is -2.46. The summed E-state index contributed by atoms with van der Waals surface area (Å²) in [5.74, 6) is -0.285. The van der Waals surface area contributed by atoms with Gasteiger partial charge in [-0.15, -0.1) is 0 Å². The van der Waals surface area contributed by atoms with E-state index in [9.17, 15) is 9.59 Å². The Hall–Kier alpha value is -1.88. The van der Waals surface area contributed by atoms with Gasteiger partial charge in [0.1, 0.15) is 0 Å². The number of benzene rings is 1. The standard InChI is InChI=1S/C14H17N3O2/c15-8-14(5-6-14)13(19)17-11-3-2-10(16)7-9(11)1-4-12(17)18/h2-3,7H,1,4-6,8,15-16H2. The molecule has 1 aliphatic carbocycles. The molecule has 5 heteroatoms. The molecule has 100 valence electrons. The van der Waals surface area contributed by atoms with Crippen LogP contribution in [0.25, 0.3) is 0 Å². The number of carbonyl (C=O) groups excluding carboxylic acids is 2. The molecule has 1 aromatic rings. The van der Waals surface area contributed by atoms with Crippen LogP contribution in [0.15, 0.2) is 18.2 Å². The zero-order chi connectivity index (χ0) is 13.6. The van der Waals surface area contributed by atoms with Gasteiger partial charge in [0, 0.05) is 18.7 Å². The van der Waals surface area contributed by atoms with Crippen molar-refractivity contribution in [2.45, 2.75) is 25.7 Å². The zero-order valence-electron chi connectivity index (χ0n) is 10.7. The van der Waals surface area contributed by atoms with E-state index in [1.807, 2.05) is 6.07 Å². The van der Waals surface area contributed by atoms with Crippen LogP contribution in [0, 0.1) is 5.41 Å². The Labute approximate surface area is 111 Å². The number of carbonyl (C=O) groups is 2. The molecule has 0 radical (unpaired) electrons. The Morgan fingerprint density at radius 1 is 1.32 bits per heavy atom. The molecule has 4 N–H and O–H groups in total. The molecule has 3 rings (SSSR count). The average Bonchev–Trinajstić information content (AvgIpc) is 3.19. The topological polar surface area (TPSA) is 89.4 Å². The monoisotopic (exact) mass is 259 g/mol. The highest BCUT2D eigenvalue weighted by molar-refractivity contribution is 6.19. The maximum absolute atomic E-state index is 12.6. The summed E-state index contributed by atoms with van der Waals surface area (Å²) >= 11 is 0. The fraction of sp³-hybridized carbons (Fsp3) is 0.429. The number of imide groups is 1. The van der Waals surface area contributed by atoms with E-state index >= 15 is 0 Å². The van der Waals surface area contributed by atoms with Crippen LogP contribution in [0.4, 0.5) is 11.4 Å². The van der Waals surface area contributed by atoms with Gasteiger partial charge in [-0.1, -0.05) is 0 Å². The Balaban J connectivity index is 2.02. The zero-order valence-corrected chi connectivity index (χ0v) is 10.7. The summed E-state index contributed by atoms with van der Waals surface area (Å²) in [4.78, 5) is 26.0. The van der Waals surface area contributed by atoms with Crippen molar-refractivity contribution in [1.82, 2.24) is 0 Å². The average molecular weight is 259 g/mol. The van der Waals surface area contributed by atoms with E-state index in [1.54, 1.807) is 12.1 Å². The third kappa shape index (κ3) is 1.81. The van der Waals surface area contributed by atoms with Gasteiger partial charge in [-0.2, -0.15) is 0 Å². The van der Waals surface area contributed by atoms with Gasteiger partial charge in [0.05, 0.1) is 11.1 Å². The highest BCUT2D eigenvalue weighted by Gasteiger charge is 2.52. The molecule has 2 amide bonds. The third-order valence-electron chi connectivity index (χ3n) is 4.10. The molecule has 1 aromatic carbocycles. The van der Waals surface area contributed by atoms with Crippen molar-refractivity contribution in [1.29, 1.82) is 0 Å². The van der Waals surface area contributed by atoms with E-state index in [-0.39, 0.29) is 11.8 Å². The van der Waals surface area contributed by atoms with Gasteiger partial charge >= 0.3 is 0 Å². The molecule has 2 aliphatic rings. The molecule has 0 spiro atoms. The fourth-order valence-electron chi connectivity index (χ4n) is 2.63. The van der Waals surface area contributed by atoms with Crippen LogP contribution < -0.4 is 16.4 Å². The number of nitrogens with two attached hydrogens (primary N) is 2. The fourth-order valence-corrected chi connectivity index (χ4v) is 2.63. The van der Waals surface area contributed by atoms with Crippen molar-refractivity contribution in [2.24, 2.45) is 11.1 Å². The van der Waals surface area contributed by atoms with E-state index < -0.39 is 5.41 Å². The number of nitrogen functional groups attached to an aromatic ring is 1. The van der Waals surface area contributed by atoms with Crippen LogP contribution >= 0.6 is 0 Å². The van der Waals surface area contributed by atoms with E-state index in [1.165, 1.54) is 4.90 Å². The molecule has 0 bridgehead atoms. The first-order chi connectivity index (χ1) is 9.07. The van der Waals surface area contributed by atoms with E-state index in [2.05, 4.69) is 0 Å². The largest absolute Gasteiger partial charge is 0.399 e. The minimum absolute atomic E-state index is 0.137. The van der Waals surface area contributed by atoms with Gasteiger partial charge < -0.3 is 11.5 Å². The second kappa shape index (κ2) is 4.06. The number of nitrogens with zero attached hydrogens (tertiary/aromatic N) is 1. The summed E-state index contributed by atoms with van der Waals surface area (Å²) in [7, 11) is 0. The second-order valence-electron chi connectivity index (χ2n) is 5.41. The molecule has 5 nitrogen and oxygen atoms in total. The van der Waals surface area contributed by atoms with Crippen molar-refractivity contribution < 1.29 is 9.59 Å². The number of anilines is 2. The van der Waals surface area contributed by atoms with Gasteiger partial charge in [-0.3, -0.25) is 9.59 Å². The number of hydrogen-bond donors (Lipinski definition) is 2. The van der Waals surface area contributed by atoms with Gasteiger partial charge in [0.15, 0.2) is 0 Å². The molecular formula is C14H17N3O2. The van der Waals surface area contributed by atoms with Crippen molar-refractivity contribution in [3.63, 3.8) is 0 Å². The number of amides is 2. The predicted octanol–water partition coefficient (Wildman–Crippen LogP) is 0.814. The first-order valence-corrected chi connectivity index (χ1v) is 6.53. The first-order valence-electron chi connectivity index (χ1n) is 6.53. The van der Waals surface area contributed by atoms with Crippen molar-refractivity contribution in [3.05, 3.63) is 23.8 Å². The normalized spacial score (nSPS) is 20.1. The molecule has 1 heterocycles. The molecule has 0 saturated heterocycles. The molecule has 1 fully saturated rings. The molecule has 0 aromatic heterocycles. The molecule has 19 heavy (non-hydrogen) atoms. The summed E-state index contributed by atoms with van der Waals surface area (Å²) in [5.41, 5.74) is 13.2. The molecule has 0 atom stereocenters. The van der Waals surface area contributed by atoms with Crippen molar-refractivity contribution in [3.8, 4) is 0 Å². The Kier molecular flexibility index (Phi) is 2.60. The summed E-state index contributed by atoms with van der Waals surface area (Å²) in [5, 5.41) is 0. The number of rotatable bonds is 2. The summed E-state index contributed by atoms with van der Waals surface area (Å²) in [6, 6.07) is 5.32. The minimum atomic E-state index is -0.508. The SMILES string of the molecule is NCC1(C(=O)N2C(=O)CCc3cc(N)ccc32)CC1. The maximum Gasteiger partial charge on any atom is 0.241 e. The second-order valence-corrected chi connectivity index (χ2v) is 5.41. The maximum atomic E-state index is 12.6. The lowest BCUT2D eigenvalue weighted by molar-refractivity contribution is -0.129. The molecule has 0 unspecified atom stereocenters. The first kappa shape index (κ1) is 12.2. The van der Waals surface area contributed by atoms with Gasteiger partial charge in [0.25, 0.3) is 0 Å². The lowest BCUT2D eigenvalue weighted by atomic mass is 9.97. The summed E-state index contributed by atoms with van der Waals surface area (Å²) in [6.45, 7) is 0.305. The van der Waals surface area contributed by atoms with Gasteiger partial charge in [-0.25, -0.2) is 4.90 Å². The lowest BCUT2D eigenvalue weighted by Gasteiger charge is -2.30. The summed E-state index contributed by atoms with van der Waals surface area (Å²) in [6.07, 6.45) is 2.54. The van der Waals surface area contributed by atoms with Crippen LogP contribution in [0.2, 0.25) is 0 Å². The Bertz CT molecular complexity index is 564. The number of hydrogen-bond acceptors (Lipinski definition) is 4. The molecule has 1 saturated carbocycles. The Morgan fingerprint density at radius 2 is 2.05 bits per heavy atom. The van der Waals surface area contributed by atoms with Crippen molar-refractivity contribution >= 4 is 23.2 Å². The van der Waals surface area contributed by atoms with Crippen LogP contribution in [-0.4, -0.2) is 18.4 Å². The van der Waals surface area contributed by atoms with Gasteiger partial charge in [-0.05, 0) is 43.0 Å². The smallest absolute Gasteiger partial charge is 0.241 e. The predicted molar refractivity (Wildman–Crippen MR) is 72.4 cm³/mol.